The molecular formula is C12H8Cl2FN3O2. The topological polar surface area (TPSA) is 78.0 Å². The van der Waals surface area contributed by atoms with Crippen LogP contribution < -0.4 is 11.3 Å². The van der Waals surface area contributed by atoms with Crippen LogP contribution >= 0.6 is 23.2 Å². The Labute approximate surface area is 122 Å². The normalized spacial score (nSPS) is 10.6. The molecule has 0 aliphatic heterocycles. The largest absolute Gasteiger partial charge is 0.366 e. The summed E-state index contributed by atoms with van der Waals surface area (Å²) in [7, 11) is 0. The quantitative estimate of drug-likeness (QED) is 0.938. The van der Waals surface area contributed by atoms with Gasteiger partial charge in [-0.2, -0.15) is 5.10 Å². The third-order valence-electron chi connectivity index (χ3n) is 2.59. The van der Waals surface area contributed by atoms with Crippen LogP contribution in [0.15, 0.2) is 29.2 Å². The van der Waals surface area contributed by atoms with Gasteiger partial charge in [0.05, 0.1) is 17.8 Å². The van der Waals surface area contributed by atoms with E-state index in [-0.39, 0.29) is 27.7 Å². The first-order valence-electron chi connectivity index (χ1n) is 5.39. The number of carbonyl (C=O) groups excluding carboxylic acids is 1. The Morgan fingerprint density at radius 2 is 2.10 bits per heavy atom. The van der Waals surface area contributed by atoms with Gasteiger partial charge in [-0.25, -0.2) is 9.07 Å². The molecule has 0 atom stereocenters. The molecule has 2 aromatic rings. The summed E-state index contributed by atoms with van der Waals surface area (Å²) in [4.78, 5) is 22.9. The number of benzene rings is 1. The first-order chi connectivity index (χ1) is 9.40. The summed E-state index contributed by atoms with van der Waals surface area (Å²) in [6.45, 7) is -0.192. The fourth-order valence-corrected chi connectivity index (χ4v) is 1.84. The van der Waals surface area contributed by atoms with Gasteiger partial charge in [-0.3, -0.25) is 9.59 Å². The molecule has 0 aliphatic rings. The number of nitrogens with two attached hydrogens (primary N) is 1. The van der Waals surface area contributed by atoms with Crippen LogP contribution in [-0.4, -0.2) is 15.7 Å². The molecule has 0 radical (unpaired) electrons. The molecule has 0 saturated heterocycles. The van der Waals surface area contributed by atoms with Gasteiger partial charge in [0.15, 0.2) is 0 Å². The van der Waals surface area contributed by atoms with Crippen molar-refractivity contribution in [2.45, 2.75) is 6.54 Å². The molecule has 1 aromatic heterocycles. The van der Waals surface area contributed by atoms with E-state index in [1.54, 1.807) is 0 Å². The molecule has 8 heteroatoms. The molecule has 0 bridgehead atoms. The Morgan fingerprint density at radius 1 is 1.40 bits per heavy atom. The summed E-state index contributed by atoms with van der Waals surface area (Å²) in [6.07, 6.45) is 1.18. The van der Waals surface area contributed by atoms with Gasteiger partial charge >= 0.3 is 0 Å². The molecule has 2 rings (SSSR count). The number of amides is 1. The van der Waals surface area contributed by atoms with Crippen molar-refractivity contribution in [1.82, 2.24) is 9.78 Å². The summed E-state index contributed by atoms with van der Waals surface area (Å²) in [5.74, 6) is -1.28. The Balaban J connectivity index is 2.45. The molecule has 5 nitrogen and oxygen atoms in total. The van der Waals surface area contributed by atoms with Crippen LogP contribution in [-0.2, 0) is 6.54 Å². The van der Waals surface area contributed by atoms with Gasteiger partial charge < -0.3 is 5.73 Å². The van der Waals surface area contributed by atoms with Gasteiger partial charge in [-0.15, -0.1) is 0 Å². The van der Waals surface area contributed by atoms with E-state index < -0.39 is 17.3 Å². The molecule has 20 heavy (non-hydrogen) atoms. The second kappa shape index (κ2) is 5.60. The van der Waals surface area contributed by atoms with Crippen molar-refractivity contribution in [3.05, 3.63) is 61.7 Å². The average molecular weight is 316 g/mol. The molecule has 0 saturated carbocycles. The van der Waals surface area contributed by atoms with E-state index in [2.05, 4.69) is 5.10 Å². The molecule has 0 unspecified atom stereocenters. The van der Waals surface area contributed by atoms with Crippen LogP contribution in [0.1, 0.15) is 15.9 Å². The van der Waals surface area contributed by atoms with Gasteiger partial charge in [-0.05, 0) is 18.2 Å². The van der Waals surface area contributed by atoms with E-state index >= 15 is 0 Å². The molecule has 0 fully saturated rings. The zero-order chi connectivity index (χ0) is 14.9. The number of hydrogen-bond acceptors (Lipinski definition) is 3. The zero-order valence-electron chi connectivity index (χ0n) is 9.94. The fraction of sp³-hybridized carbons (Fsp3) is 0.0833. The minimum atomic E-state index is -0.694. The van der Waals surface area contributed by atoms with Crippen LogP contribution in [0, 0.1) is 5.82 Å². The first-order valence-corrected chi connectivity index (χ1v) is 6.15. The summed E-state index contributed by atoms with van der Waals surface area (Å²) < 4.78 is 14.6. The van der Waals surface area contributed by atoms with Crippen molar-refractivity contribution in [3.63, 3.8) is 0 Å². The number of nitrogens with zero attached hydrogens (tertiary/aromatic N) is 2. The lowest BCUT2D eigenvalue weighted by atomic mass is 10.1. The molecule has 2 N–H and O–H groups in total. The maximum atomic E-state index is 13.7. The Bertz CT molecular complexity index is 746. The highest BCUT2D eigenvalue weighted by molar-refractivity contribution is 6.41. The number of hydrogen-bond donors (Lipinski definition) is 1. The van der Waals surface area contributed by atoms with E-state index in [0.717, 1.165) is 10.7 Å². The predicted octanol–water partition coefficient (Wildman–Crippen LogP) is 1.84. The fourth-order valence-electron chi connectivity index (χ4n) is 1.57. The molecule has 0 aliphatic carbocycles. The van der Waals surface area contributed by atoms with E-state index in [0.29, 0.717) is 0 Å². The maximum Gasteiger partial charge on any atom is 0.287 e. The van der Waals surface area contributed by atoms with Crippen LogP contribution in [0.2, 0.25) is 10.0 Å². The highest BCUT2D eigenvalue weighted by atomic mass is 35.5. The van der Waals surface area contributed by atoms with Crippen molar-refractivity contribution in [1.29, 1.82) is 0 Å². The Hall–Kier alpha value is -1.92. The third-order valence-corrected chi connectivity index (χ3v) is 3.34. The number of halogens is 3. The first kappa shape index (κ1) is 14.5. The van der Waals surface area contributed by atoms with Gasteiger partial charge in [-0.1, -0.05) is 23.2 Å². The molecule has 1 heterocycles. The van der Waals surface area contributed by atoms with Gasteiger partial charge in [0.2, 0.25) is 5.91 Å². The van der Waals surface area contributed by atoms with Crippen LogP contribution in [0.25, 0.3) is 0 Å². The SMILES string of the molecule is NC(=O)c1ccc(F)c(Cn2ncc(Cl)c(Cl)c2=O)c1. The van der Waals surface area contributed by atoms with Crippen molar-refractivity contribution < 1.29 is 9.18 Å². The predicted molar refractivity (Wildman–Crippen MR) is 72.5 cm³/mol. The van der Waals surface area contributed by atoms with Gasteiger partial charge in [0.25, 0.3) is 5.56 Å². The lowest BCUT2D eigenvalue weighted by Gasteiger charge is -2.07. The minimum Gasteiger partial charge on any atom is -0.366 e. The number of carbonyl (C=O) groups is 1. The summed E-state index contributed by atoms with van der Waals surface area (Å²) in [5, 5.41) is 3.57. The van der Waals surface area contributed by atoms with Gasteiger partial charge in [0.1, 0.15) is 10.8 Å². The van der Waals surface area contributed by atoms with Crippen molar-refractivity contribution in [2.24, 2.45) is 5.73 Å². The van der Waals surface area contributed by atoms with E-state index in [1.165, 1.54) is 18.3 Å². The Kier molecular flexibility index (Phi) is 4.06. The number of aromatic nitrogens is 2. The van der Waals surface area contributed by atoms with E-state index in [9.17, 15) is 14.0 Å². The lowest BCUT2D eigenvalue weighted by molar-refractivity contribution is 0.1000. The molecule has 1 aromatic carbocycles. The van der Waals surface area contributed by atoms with Crippen molar-refractivity contribution >= 4 is 29.1 Å². The monoisotopic (exact) mass is 315 g/mol. The van der Waals surface area contributed by atoms with Crippen LogP contribution in [0.5, 0.6) is 0 Å². The Morgan fingerprint density at radius 3 is 2.75 bits per heavy atom. The maximum absolute atomic E-state index is 13.7. The highest BCUT2D eigenvalue weighted by Crippen LogP contribution is 2.16. The smallest absolute Gasteiger partial charge is 0.287 e. The minimum absolute atomic E-state index is 0.0132. The van der Waals surface area contributed by atoms with Crippen molar-refractivity contribution in [3.8, 4) is 0 Å². The summed E-state index contributed by atoms with van der Waals surface area (Å²) in [6, 6.07) is 3.61. The second-order valence-corrected chi connectivity index (χ2v) is 4.72. The van der Waals surface area contributed by atoms with Crippen molar-refractivity contribution in [2.75, 3.05) is 0 Å². The van der Waals surface area contributed by atoms with Crippen LogP contribution in [0.3, 0.4) is 0 Å². The second-order valence-electron chi connectivity index (χ2n) is 3.94. The number of rotatable bonds is 3. The number of primary amides is 1. The zero-order valence-corrected chi connectivity index (χ0v) is 11.5. The summed E-state index contributed by atoms with van der Waals surface area (Å²) >= 11 is 11.3. The van der Waals surface area contributed by atoms with Crippen LogP contribution in [0.4, 0.5) is 4.39 Å². The van der Waals surface area contributed by atoms with Gasteiger partial charge in [0, 0.05) is 11.1 Å². The summed E-state index contributed by atoms with van der Waals surface area (Å²) in [5.41, 5.74) is 4.69. The average Bonchev–Trinajstić information content (AvgIpc) is 2.41. The molecule has 0 spiro atoms. The third kappa shape index (κ3) is 2.81. The highest BCUT2D eigenvalue weighted by Gasteiger charge is 2.12. The van der Waals surface area contributed by atoms with E-state index in [4.69, 9.17) is 28.9 Å². The van der Waals surface area contributed by atoms with E-state index in [1.807, 2.05) is 0 Å². The lowest BCUT2D eigenvalue weighted by Crippen LogP contribution is -2.24. The standard InChI is InChI=1S/C12H8Cl2FN3O2/c13-8-4-17-18(12(20)10(8)14)5-7-3-6(11(16)19)1-2-9(7)15/h1-4H,5H2,(H2,16,19). The molecule has 1 amide bonds. The molecular weight excluding hydrogens is 308 g/mol. The molecule has 104 valence electrons.